The summed E-state index contributed by atoms with van der Waals surface area (Å²) in [5.41, 5.74) is 6.83. The number of hydrogen-bond acceptors (Lipinski definition) is 3. The Morgan fingerprint density at radius 1 is 1.44 bits per heavy atom. The molecular formula is C12H18BrNO2. The number of nitrogens with two attached hydrogens (primary N) is 1. The fourth-order valence-corrected chi connectivity index (χ4v) is 1.69. The zero-order valence-electron chi connectivity index (χ0n) is 9.61. The third kappa shape index (κ3) is 4.12. The second-order valence-corrected chi connectivity index (χ2v) is 4.87. The van der Waals surface area contributed by atoms with Gasteiger partial charge >= 0.3 is 0 Å². The number of rotatable bonds is 5. The van der Waals surface area contributed by atoms with Crippen LogP contribution < -0.4 is 10.5 Å². The second kappa shape index (κ2) is 6.23. The summed E-state index contributed by atoms with van der Waals surface area (Å²) < 4.78 is 6.58. The molecule has 0 fully saturated rings. The highest BCUT2D eigenvalue weighted by Crippen LogP contribution is 2.27. The van der Waals surface area contributed by atoms with Crippen molar-refractivity contribution in [1.82, 2.24) is 0 Å². The topological polar surface area (TPSA) is 55.5 Å². The largest absolute Gasteiger partial charge is 0.493 e. The zero-order chi connectivity index (χ0) is 12.1. The van der Waals surface area contributed by atoms with Gasteiger partial charge in [-0.25, -0.2) is 0 Å². The van der Waals surface area contributed by atoms with E-state index >= 15 is 0 Å². The van der Waals surface area contributed by atoms with Crippen LogP contribution in [0.2, 0.25) is 0 Å². The molecule has 0 saturated heterocycles. The predicted molar refractivity (Wildman–Crippen MR) is 68.5 cm³/mol. The van der Waals surface area contributed by atoms with Gasteiger partial charge in [-0.05, 0) is 26.0 Å². The van der Waals surface area contributed by atoms with E-state index in [1.165, 1.54) is 0 Å². The van der Waals surface area contributed by atoms with E-state index in [1.54, 1.807) is 6.92 Å². The average Bonchev–Trinajstić information content (AvgIpc) is 2.16. The predicted octanol–water partition coefficient (Wildman–Crippen LogP) is 2.62. The number of hydrogen-bond donors (Lipinski definition) is 2. The normalized spacial score (nSPS) is 14.6. The van der Waals surface area contributed by atoms with Gasteiger partial charge in [0, 0.05) is 22.5 Å². The molecule has 4 heteroatoms. The fourth-order valence-electron chi connectivity index (χ4n) is 1.35. The zero-order valence-corrected chi connectivity index (χ0v) is 11.2. The van der Waals surface area contributed by atoms with Crippen molar-refractivity contribution < 1.29 is 9.84 Å². The highest BCUT2D eigenvalue weighted by molar-refractivity contribution is 9.10. The third-order valence-corrected chi connectivity index (χ3v) is 2.75. The van der Waals surface area contributed by atoms with Crippen LogP contribution in [-0.4, -0.2) is 17.8 Å². The summed E-state index contributed by atoms with van der Waals surface area (Å²) >= 11 is 3.40. The molecule has 0 saturated carbocycles. The van der Waals surface area contributed by atoms with E-state index in [4.69, 9.17) is 15.6 Å². The van der Waals surface area contributed by atoms with Crippen LogP contribution in [0.3, 0.4) is 0 Å². The molecule has 0 aliphatic carbocycles. The molecule has 90 valence electrons. The Balaban J connectivity index is 2.72. The van der Waals surface area contributed by atoms with Crippen molar-refractivity contribution in [3.63, 3.8) is 0 Å². The van der Waals surface area contributed by atoms with E-state index in [2.05, 4.69) is 15.9 Å². The molecule has 0 aliphatic heterocycles. The first kappa shape index (κ1) is 13.5. The first-order valence-electron chi connectivity index (χ1n) is 5.36. The van der Waals surface area contributed by atoms with E-state index in [0.717, 1.165) is 15.8 Å². The van der Waals surface area contributed by atoms with Crippen LogP contribution in [0.15, 0.2) is 22.7 Å². The van der Waals surface area contributed by atoms with Crippen molar-refractivity contribution >= 4 is 15.9 Å². The van der Waals surface area contributed by atoms with Crippen molar-refractivity contribution in [2.45, 2.75) is 32.4 Å². The minimum atomic E-state index is -0.342. The molecular weight excluding hydrogens is 270 g/mol. The van der Waals surface area contributed by atoms with E-state index < -0.39 is 0 Å². The number of aliphatic hydroxyl groups is 1. The van der Waals surface area contributed by atoms with Crippen molar-refractivity contribution in [3.05, 3.63) is 28.2 Å². The van der Waals surface area contributed by atoms with Gasteiger partial charge in [0.1, 0.15) is 5.75 Å². The lowest BCUT2D eigenvalue weighted by Crippen LogP contribution is -2.11. The summed E-state index contributed by atoms with van der Waals surface area (Å²) in [6.45, 7) is 4.16. The molecule has 3 N–H and O–H groups in total. The Morgan fingerprint density at radius 2 is 2.12 bits per heavy atom. The lowest BCUT2D eigenvalue weighted by atomic mass is 10.1. The maximum atomic E-state index is 9.15. The summed E-state index contributed by atoms with van der Waals surface area (Å²) in [5, 5.41) is 9.15. The standard InChI is InChI=1S/C12H18BrNO2/c1-8(15)5-6-16-12-7-10(13)3-4-11(12)9(2)14/h3-4,7-9,15H,5-6,14H2,1-2H3. The van der Waals surface area contributed by atoms with Crippen LogP contribution in [0.1, 0.15) is 31.9 Å². The SMILES string of the molecule is CC(O)CCOc1cc(Br)ccc1C(C)N. The first-order chi connectivity index (χ1) is 7.50. The molecule has 0 heterocycles. The number of halogens is 1. The van der Waals surface area contributed by atoms with Crippen LogP contribution in [0.4, 0.5) is 0 Å². The second-order valence-electron chi connectivity index (χ2n) is 3.96. The molecule has 0 spiro atoms. The maximum Gasteiger partial charge on any atom is 0.125 e. The molecule has 0 radical (unpaired) electrons. The smallest absolute Gasteiger partial charge is 0.125 e. The Morgan fingerprint density at radius 3 is 2.69 bits per heavy atom. The van der Waals surface area contributed by atoms with E-state index in [-0.39, 0.29) is 12.1 Å². The van der Waals surface area contributed by atoms with Crippen LogP contribution >= 0.6 is 15.9 Å². The van der Waals surface area contributed by atoms with Crippen molar-refractivity contribution in [1.29, 1.82) is 0 Å². The van der Waals surface area contributed by atoms with Gasteiger partial charge in [0.25, 0.3) is 0 Å². The Hall–Kier alpha value is -0.580. The molecule has 16 heavy (non-hydrogen) atoms. The van der Waals surface area contributed by atoms with Gasteiger partial charge in [-0.3, -0.25) is 0 Å². The summed E-state index contributed by atoms with van der Waals surface area (Å²) in [4.78, 5) is 0. The van der Waals surface area contributed by atoms with Gasteiger partial charge in [0.2, 0.25) is 0 Å². The van der Waals surface area contributed by atoms with Crippen LogP contribution in [0.5, 0.6) is 5.75 Å². The molecule has 1 aromatic carbocycles. The summed E-state index contributed by atoms with van der Waals surface area (Å²) in [5.74, 6) is 0.782. The molecule has 2 unspecified atom stereocenters. The van der Waals surface area contributed by atoms with Gasteiger partial charge in [-0.2, -0.15) is 0 Å². The summed E-state index contributed by atoms with van der Waals surface area (Å²) in [6.07, 6.45) is 0.274. The van der Waals surface area contributed by atoms with Crippen LogP contribution in [0.25, 0.3) is 0 Å². The van der Waals surface area contributed by atoms with Crippen LogP contribution in [-0.2, 0) is 0 Å². The Bertz CT molecular complexity index is 340. The minimum Gasteiger partial charge on any atom is -0.493 e. The molecule has 3 nitrogen and oxygen atoms in total. The quantitative estimate of drug-likeness (QED) is 0.875. The summed E-state index contributed by atoms with van der Waals surface area (Å²) in [6, 6.07) is 5.74. The van der Waals surface area contributed by atoms with Crippen molar-refractivity contribution in [2.75, 3.05) is 6.61 Å². The molecule has 2 atom stereocenters. The highest BCUT2D eigenvalue weighted by atomic mass is 79.9. The van der Waals surface area contributed by atoms with Crippen molar-refractivity contribution in [3.8, 4) is 5.75 Å². The minimum absolute atomic E-state index is 0.0605. The number of benzene rings is 1. The monoisotopic (exact) mass is 287 g/mol. The van der Waals surface area contributed by atoms with E-state index in [1.807, 2.05) is 25.1 Å². The lowest BCUT2D eigenvalue weighted by Gasteiger charge is -2.15. The molecule has 0 aromatic heterocycles. The molecule has 1 aromatic rings. The third-order valence-electron chi connectivity index (χ3n) is 2.26. The molecule has 1 rings (SSSR count). The Labute approximate surface area is 105 Å². The van der Waals surface area contributed by atoms with E-state index in [0.29, 0.717) is 13.0 Å². The first-order valence-corrected chi connectivity index (χ1v) is 6.16. The maximum absolute atomic E-state index is 9.15. The van der Waals surface area contributed by atoms with Gasteiger partial charge in [0.05, 0.1) is 12.7 Å². The molecule has 0 bridgehead atoms. The number of ether oxygens (including phenoxy) is 1. The van der Waals surface area contributed by atoms with Gasteiger partial charge in [0.15, 0.2) is 0 Å². The van der Waals surface area contributed by atoms with Gasteiger partial charge in [-0.1, -0.05) is 22.0 Å². The average molecular weight is 288 g/mol. The molecule has 0 amide bonds. The lowest BCUT2D eigenvalue weighted by molar-refractivity contribution is 0.155. The van der Waals surface area contributed by atoms with Crippen LogP contribution in [0, 0.1) is 0 Å². The van der Waals surface area contributed by atoms with Gasteiger partial charge in [-0.15, -0.1) is 0 Å². The highest BCUT2D eigenvalue weighted by Gasteiger charge is 2.09. The Kier molecular flexibility index (Phi) is 5.25. The molecule has 0 aliphatic rings. The van der Waals surface area contributed by atoms with E-state index in [9.17, 15) is 0 Å². The summed E-state index contributed by atoms with van der Waals surface area (Å²) in [7, 11) is 0. The number of aliphatic hydroxyl groups excluding tert-OH is 1. The van der Waals surface area contributed by atoms with Gasteiger partial charge < -0.3 is 15.6 Å². The van der Waals surface area contributed by atoms with Crippen molar-refractivity contribution in [2.24, 2.45) is 5.73 Å². The fraction of sp³-hybridized carbons (Fsp3) is 0.500.